The van der Waals surface area contributed by atoms with E-state index in [4.69, 9.17) is 33.2 Å². The molecule has 0 heterocycles. The first-order valence-electron chi connectivity index (χ1n) is 5.96. The molecule has 106 valence electrons. The van der Waals surface area contributed by atoms with Crippen LogP contribution in [0.25, 0.3) is 0 Å². The van der Waals surface area contributed by atoms with Gasteiger partial charge in [-0.2, -0.15) is 5.26 Å². The van der Waals surface area contributed by atoms with E-state index in [1.165, 1.54) is 0 Å². The van der Waals surface area contributed by atoms with Crippen LogP contribution < -0.4 is 10.1 Å². The van der Waals surface area contributed by atoms with Gasteiger partial charge in [0.25, 0.3) is 5.91 Å². The Balaban J connectivity index is 1.98. The number of carbonyl (C=O) groups is 1. The Kier molecular flexibility index (Phi) is 5.04. The van der Waals surface area contributed by atoms with Crippen LogP contribution in [-0.4, -0.2) is 12.5 Å². The monoisotopic (exact) mass is 320 g/mol. The predicted octanol–water partition coefficient (Wildman–Crippen LogP) is 3.88. The van der Waals surface area contributed by atoms with Gasteiger partial charge in [-0.1, -0.05) is 35.3 Å². The van der Waals surface area contributed by atoms with E-state index in [1.54, 1.807) is 42.5 Å². The lowest BCUT2D eigenvalue weighted by molar-refractivity contribution is -0.118. The molecule has 4 nitrogen and oxygen atoms in total. The van der Waals surface area contributed by atoms with Crippen LogP contribution in [0.1, 0.15) is 5.56 Å². The summed E-state index contributed by atoms with van der Waals surface area (Å²) in [5, 5.41) is 12.4. The van der Waals surface area contributed by atoms with Gasteiger partial charge in [0.1, 0.15) is 11.8 Å². The lowest BCUT2D eigenvalue weighted by Gasteiger charge is -2.09. The summed E-state index contributed by atoms with van der Waals surface area (Å²) in [5.74, 6) is -0.0136. The van der Waals surface area contributed by atoms with Crippen molar-refractivity contribution in [3.8, 4) is 11.8 Å². The highest BCUT2D eigenvalue weighted by atomic mass is 35.5. The molecular weight excluding hydrogens is 311 g/mol. The number of ether oxygens (including phenoxy) is 1. The van der Waals surface area contributed by atoms with Gasteiger partial charge < -0.3 is 10.1 Å². The van der Waals surface area contributed by atoms with Crippen molar-refractivity contribution in [1.29, 1.82) is 5.26 Å². The number of carbonyl (C=O) groups excluding carboxylic acids is 1. The second-order valence-electron chi connectivity index (χ2n) is 4.10. The molecule has 0 aliphatic carbocycles. The van der Waals surface area contributed by atoms with Crippen molar-refractivity contribution in [2.45, 2.75) is 0 Å². The number of halogens is 2. The number of nitriles is 1. The van der Waals surface area contributed by atoms with Crippen LogP contribution in [0.3, 0.4) is 0 Å². The van der Waals surface area contributed by atoms with Gasteiger partial charge in [-0.05, 0) is 30.3 Å². The molecule has 21 heavy (non-hydrogen) atoms. The SMILES string of the molecule is N#Cc1ccccc1OCC(=O)Nc1cc(Cl)cc(Cl)c1. The number of benzene rings is 2. The van der Waals surface area contributed by atoms with Gasteiger partial charge in [-0.3, -0.25) is 4.79 Å². The highest BCUT2D eigenvalue weighted by molar-refractivity contribution is 6.35. The fourth-order valence-corrected chi connectivity index (χ4v) is 2.18. The predicted molar refractivity (Wildman–Crippen MR) is 81.7 cm³/mol. The molecule has 1 amide bonds. The second-order valence-corrected chi connectivity index (χ2v) is 4.98. The minimum atomic E-state index is -0.374. The van der Waals surface area contributed by atoms with E-state index >= 15 is 0 Å². The minimum Gasteiger partial charge on any atom is -0.482 e. The third kappa shape index (κ3) is 4.38. The van der Waals surface area contributed by atoms with Crippen molar-refractivity contribution in [2.24, 2.45) is 0 Å². The summed E-state index contributed by atoms with van der Waals surface area (Å²) in [6.45, 7) is -0.219. The molecule has 0 unspecified atom stereocenters. The molecule has 0 saturated heterocycles. The quantitative estimate of drug-likeness (QED) is 0.929. The summed E-state index contributed by atoms with van der Waals surface area (Å²) in [4.78, 5) is 11.8. The fraction of sp³-hybridized carbons (Fsp3) is 0.0667. The maximum Gasteiger partial charge on any atom is 0.262 e. The first-order chi connectivity index (χ1) is 10.1. The number of nitrogens with one attached hydrogen (secondary N) is 1. The van der Waals surface area contributed by atoms with Crippen molar-refractivity contribution in [3.05, 3.63) is 58.1 Å². The molecule has 0 aliphatic heterocycles. The second kappa shape index (κ2) is 6.98. The Labute approximate surface area is 131 Å². The van der Waals surface area contributed by atoms with Crippen molar-refractivity contribution >= 4 is 34.8 Å². The first kappa shape index (κ1) is 15.2. The average Bonchev–Trinajstić information content (AvgIpc) is 2.44. The maximum absolute atomic E-state index is 11.8. The van der Waals surface area contributed by atoms with E-state index in [9.17, 15) is 4.79 Å². The zero-order valence-corrected chi connectivity index (χ0v) is 12.3. The van der Waals surface area contributed by atoms with Gasteiger partial charge in [-0.15, -0.1) is 0 Å². The van der Waals surface area contributed by atoms with Crippen LogP contribution in [0.15, 0.2) is 42.5 Å². The van der Waals surface area contributed by atoms with Gasteiger partial charge in [0.15, 0.2) is 6.61 Å². The molecule has 0 saturated carbocycles. The van der Waals surface area contributed by atoms with Crippen LogP contribution in [-0.2, 0) is 4.79 Å². The smallest absolute Gasteiger partial charge is 0.262 e. The summed E-state index contributed by atoms with van der Waals surface area (Å²) in [6, 6.07) is 13.4. The van der Waals surface area contributed by atoms with Crippen molar-refractivity contribution in [2.75, 3.05) is 11.9 Å². The van der Waals surface area contributed by atoms with Gasteiger partial charge in [0.05, 0.1) is 5.56 Å². The largest absolute Gasteiger partial charge is 0.482 e. The van der Waals surface area contributed by atoms with Crippen LogP contribution in [0.2, 0.25) is 10.0 Å². The van der Waals surface area contributed by atoms with E-state index < -0.39 is 0 Å². The van der Waals surface area contributed by atoms with E-state index in [0.717, 1.165) is 0 Å². The Morgan fingerprint density at radius 2 is 1.86 bits per heavy atom. The summed E-state index contributed by atoms with van der Waals surface area (Å²) in [7, 11) is 0. The highest BCUT2D eigenvalue weighted by Gasteiger charge is 2.07. The lowest BCUT2D eigenvalue weighted by Crippen LogP contribution is -2.20. The zero-order chi connectivity index (χ0) is 15.2. The lowest BCUT2D eigenvalue weighted by atomic mass is 10.2. The summed E-state index contributed by atoms with van der Waals surface area (Å²) in [5.41, 5.74) is 0.853. The topological polar surface area (TPSA) is 62.1 Å². The summed E-state index contributed by atoms with van der Waals surface area (Å²) >= 11 is 11.7. The van der Waals surface area contributed by atoms with Gasteiger partial charge in [-0.25, -0.2) is 0 Å². The Bertz CT molecular complexity index is 691. The molecule has 2 aromatic rings. The molecule has 0 radical (unpaired) electrons. The van der Waals surface area contributed by atoms with E-state index in [1.807, 2.05) is 6.07 Å². The number of amides is 1. The maximum atomic E-state index is 11.8. The standard InChI is InChI=1S/C15H10Cl2N2O2/c16-11-5-12(17)7-13(6-11)19-15(20)9-21-14-4-2-1-3-10(14)8-18/h1-7H,9H2,(H,19,20). The number of para-hydroxylation sites is 1. The van der Waals surface area contributed by atoms with E-state index in [2.05, 4.69) is 5.32 Å². The number of nitrogens with zero attached hydrogens (tertiary/aromatic N) is 1. The van der Waals surface area contributed by atoms with Crippen LogP contribution >= 0.6 is 23.2 Å². The van der Waals surface area contributed by atoms with Crippen molar-refractivity contribution in [1.82, 2.24) is 0 Å². The highest BCUT2D eigenvalue weighted by Crippen LogP contribution is 2.22. The molecule has 0 spiro atoms. The van der Waals surface area contributed by atoms with E-state index in [0.29, 0.717) is 27.0 Å². The molecule has 2 aromatic carbocycles. The Morgan fingerprint density at radius 1 is 1.19 bits per heavy atom. The third-order valence-electron chi connectivity index (χ3n) is 2.51. The van der Waals surface area contributed by atoms with Gasteiger partial charge in [0, 0.05) is 15.7 Å². The molecule has 0 atom stereocenters. The Morgan fingerprint density at radius 3 is 2.52 bits per heavy atom. The number of anilines is 1. The summed E-state index contributed by atoms with van der Waals surface area (Å²) < 4.78 is 5.32. The van der Waals surface area contributed by atoms with Crippen molar-refractivity contribution < 1.29 is 9.53 Å². The van der Waals surface area contributed by atoms with Crippen LogP contribution in [0.5, 0.6) is 5.75 Å². The minimum absolute atomic E-state index is 0.219. The molecule has 0 aromatic heterocycles. The first-order valence-corrected chi connectivity index (χ1v) is 6.72. The van der Waals surface area contributed by atoms with E-state index in [-0.39, 0.29) is 12.5 Å². The van der Waals surface area contributed by atoms with Crippen molar-refractivity contribution in [3.63, 3.8) is 0 Å². The normalized spacial score (nSPS) is 9.76. The molecular formula is C15H10Cl2N2O2. The van der Waals surface area contributed by atoms with Crippen LogP contribution in [0.4, 0.5) is 5.69 Å². The molecule has 0 fully saturated rings. The van der Waals surface area contributed by atoms with Crippen LogP contribution in [0, 0.1) is 11.3 Å². The number of hydrogen-bond acceptors (Lipinski definition) is 3. The summed E-state index contributed by atoms with van der Waals surface area (Å²) in [6.07, 6.45) is 0. The fourth-order valence-electron chi connectivity index (χ4n) is 1.65. The molecule has 0 aliphatic rings. The number of rotatable bonds is 4. The molecule has 1 N–H and O–H groups in total. The zero-order valence-electron chi connectivity index (χ0n) is 10.8. The molecule has 2 rings (SSSR count). The molecule has 0 bridgehead atoms. The van der Waals surface area contributed by atoms with Gasteiger partial charge >= 0.3 is 0 Å². The molecule has 6 heteroatoms. The average molecular weight is 321 g/mol. The van der Waals surface area contributed by atoms with Gasteiger partial charge in [0.2, 0.25) is 0 Å². The Hall–Kier alpha value is -2.22. The third-order valence-corrected chi connectivity index (χ3v) is 2.95. The number of hydrogen-bond donors (Lipinski definition) is 1.